The Balaban J connectivity index is 1.61. The number of nitrogens with zero attached hydrogens (tertiary/aromatic N) is 1. The van der Waals surface area contributed by atoms with Gasteiger partial charge in [0.05, 0.1) is 18.1 Å². The summed E-state index contributed by atoms with van der Waals surface area (Å²) >= 11 is 0. The number of sulfonamides is 1. The Bertz CT molecular complexity index is 860. The van der Waals surface area contributed by atoms with Gasteiger partial charge >= 0.3 is 0 Å². The molecule has 5 nitrogen and oxygen atoms in total. The van der Waals surface area contributed by atoms with E-state index in [9.17, 15) is 8.42 Å². The highest BCUT2D eigenvalue weighted by atomic mass is 32.2. The Hall–Kier alpha value is -1.73. The third kappa shape index (κ3) is 5.64. The van der Waals surface area contributed by atoms with Gasteiger partial charge in [-0.3, -0.25) is 4.90 Å². The third-order valence-electron chi connectivity index (χ3n) is 5.34. The van der Waals surface area contributed by atoms with E-state index in [1.165, 1.54) is 5.56 Å². The minimum atomic E-state index is -3.52. The smallest absolute Gasteiger partial charge is 0.240 e. The molecule has 0 unspecified atom stereocenters. The van der Waals surface area contributed by atoms with E-state index in [2.05, 4.69) is 35.6 Å². The van der Waals surface area contributed by atoms with Crippen molar-refractivity contribution < 1.29 is 13.2 Å². The van der Waals surface area contributed by atoms with Gasteiger partial charge in [0.15, 0.2) is 0 Å². The Morgan fingerprint density at radius 3 is 2.43 bits per heavy atom. The molecule has 1 aliphatic heterocycles. The molecule has 0 radical (unpaired) electrons. The van der Waals surface area contributed by atoms with E-state index in [1.807, 2.05) is 24.3 Å². The minimum absolute atomic E-state index is 0.284. The van der Waals surface area contributed by atoms with Crippen LogP contribution >= 0.6 is 0 Å². The topological polar surface area (TPSA) is 58.6 Å². The summed E-state index contributed by atoms with van der Waals surface area (Å²) < 4.78 is 33.4. The first-order valence-corrected chi connectivity index (χ1v) is 11.4. The van der Waals surface area contributed by atoms with Gasteiger partial charge in [-0.2, -0.15) is 0 Å². The molecule has 0 saturated carbocycles. The molecule has 2 aromatic rings. The summed E-state index contributed by atoms with van der Waals surface area (Å²) in [6.45, 7) is 8.83. The van der Waals surface area contributed by atoms with Crippen molar-refractivity contribution in [3.05, 3.63) is 65.2 Å². The van der Waals surface area contributed by atoms with E-state index in [0.29, 0.717) is 10.8 Å². The lowest BCUT2D eigenvalue weighted by Gasteiger charge is -2.26. The maximum Gasteiger partial charge on any atom is 0.240 e. The number of morpholine rings is 1. The van der Waals surface area contributed by atoms with Crippen LogP contribution in [0.1, 0.15) is 42.9 Å². The van der Waals surface area contributed by atoms with Crippen molar-refractivity contribution in [3.8, 4) is 0 Å². The predicted molar refractivity (Wildman–Crippen MR) is 112 cm³/mol. The molecule has 1 saturated heterocycles. The summed E-state index contributed by atoms with van der Waals surface area (Å²) in [6, 6.07) is 15.3. The van der Waals surface area contributed by atoms with Crippen molar-refractivity contribution in [2.75, 3.05) is 26.3 Å². The predicted octanol–water partition coefficient (Wildman–Crippen LogP) is 3.51. The zero-order chi connectivity index (χ0) is 20.0. The normalized spacial score (nSPS) is 16.8. The maximum atomic E-state index is 12.6. The van der Waals surface area contributed by atoms with Crippen LogP contribution in [0.15, 0.2) is 53.4 Å². The number of rotatable bonds is 8. The first kappa shape index (κ1) is 21.0. The number of hydrogen-bond donors (Lipinski definition) is 1. The number of nitrogens with one attached hydrogen (secondary N) is 1. The van der Waals surface area contributed by atoms with Crippen molar-refractivity contribution in [1.82, 2.24) is 9.62 Å². The highest BCUT2D eigenvalue weighted by Gasteiger charge is 2.15. The van der Waals surface area contributed by atoms with Crippen LogP contribution in [0.2, 0.25) is 0 Å². The van der Waals surface area contributed by atoms with E-state index in [4.69, 9.17) is 4.74 Å². The lowest BCUT2D eigenvalue weighted by atomic mass is 9.99. The maximum absolute atomic E-state index is 12.6. The monoisotopic (exact) mass is 402 g/mol. The molecule has 0 spiro atoms. The molecule has 2 aromatic carbocycles. The third-order valence-corrected chi connectivity index (χ3v) is 6.76. The van der Waals surface area contributed by atoms with Crippen LogP contribution in [0.5, 0.6) is 0 Å². The SMILES string of the molecule is CC[C@H](C)c1ccc(S(=O)(=O)NCc2cccc(CN3CCOCC3)c2)cc1. The highest BCUT2D eigenvalue weighted by molar-refractivity contribution is 7.89. The van der Waals surface area contributed by atoms with Crippen LogP contribution < -0.4 is 4.72 Å². The molecule has 0 bridgehead atoms. The van der Waals surface area contributed by atoms with Gasteiger partial charge in [-0.05, 0) is 41.2 Å². The molecule has 3 rings (SSSR count). The highest BCUT2D eigenvalue weighted by Crippen LogP contribution is 2.20. The summed E-state index contributed by atoms with van der Waals surface area (Å²) in [5, 5.41) is 0. The molecule has 1 N–H and O–H groups in total. The molecule has 152 valence electrons. The number of ether oxygens (including phenoxy) is 1. The quantitative estimate of drug-likeness (QED) is 0.734. The van der Waals surface area contributed by atoms with Gasteiger partial charge in [0.1, 0.15) is 0 Å². The average Bonchev–Trinajstić information content (AvgIpc) is 2.73. The van der Waals surface area contributed by atoms with E-state index < -0.39 is 10.0 Å². The first-order valence-electron chi connectivity index (χ1n) is 9.95. The Labute approximate surface area is 168 Å². The van der Waals surface area contributed by atoms with E-state index in [1.54, 1.807) is 12.1 Å². The zero-order valence-corrected chi connectivity index (χ0v) is 17.5. The van der Waals surface area contributed by atoms with E-state index >= 15 is 0 Å². The molecule has 0 aromatic heterocycles. The van der Waals surface area contributed by atoms with Gasteiger partial charge in [0.2, 0.25) is 10.0 Å². The average molecular weight is 403 g/mol. The number of hydrogen-bond acceptors (Lipinski definition) is 4. The molecular weight excluding hydrogens is 372 g/mol. The summed E-state index contributed by atoms with van der Waals surface area (Å²) in [7, 11) is -3.52. The largest absolute Gasteiger partial charge is 0.379 e. The molecule has 1 atom stereocenters. The van der Waals surface area contributed by atoms with Gasteiger partial charge in [0, 0.05) is 26.2 Å². The van der Waals surface area contributed by atoms with Crippen LogP contribution in [0, 0.1) is 0 Å². The van der Waals surface area contributed by atoms with Gasteiger partial charge < -0.3 is 4.74 Å². The summed E-state index contributed by atoms with van der Waals surface area (Å²) in [5.74, 6) is 0.430. The van der Waals surface area contributed by atoms with Gasteiger partial charge in [0.25, 0.3) is 0 Å². The molecule has 6 heteroatoms. The lowest BCUT2D eigenvalue weighted by Crippen LogP contribution is -2.35. The standard InChI is InChI=1S/C22H30N2O3S/c1-3-18(2)21-7-9-22(10-8-21)28(25,26)23-16-19-5-4-6-20(15-19)17-24-11-13-27-14-12-24/h4-10,15,18,23H,3,11-14,16-17H2,1-2H3/t18-/m0/s1. The van der Waals surface area contributed by atoms with E-state index in [0.717, 1.165) is 50.4 Å². The molecule has 0 aliphatic carbocycles. The van der Waals surface area contributed by atoms with Crippen molar-refractivity contribution in [2.45, 2.75) is 44.2 Å². The van der Waals surface area contributed by atoms with E-state index in [-0.39, 0.29) is 6.54 Å². The fourth-order valence-corrected chi connectivity index (χ4v) is 4.35. The van der Waals surface area contributed by atoms with Crippen molar-refractivity contribution >= 4 is 10.0 Å². The van der Waals surface area contributed by atoms with Gasteiger partial charge in [-0.15, -0.1) is 0 Å². The first-order chi connectivity index (χ1) is 13.5. The molecule has 0 amide bonds. The van der Waals surface area contributed by atoms with Crippen LogP contribution in [0.25, 0.3) is 0 Å². The van der Waals surface area contributed by atoms with Crippen molar-refractivity contribution in [2.24, 2.45) is 0 Å². The van der Waals surface area contributed by atoms with Crippen molar-refractivity contribution in [1.29, 1.82) is 0 Å². The zero-order valence-electron chi connectivity index (χ0n) is 16.7. The summed E-state index contributed by atoms with van der Waals surface area (Å²) in [5.41, 5.74) is 3.32. The van der Waals surface area contributed by atoms with Crippen LogP contribution in [-0.4, -0.2) is 39.6 Å². The summed E-state index contributed by atoms with van der Waals surface area (Å²) in [4.78, 5) is 2.66. The fourth-order valence-electron chi connectivity index (χ4n) is 3.33. The van der Waals surface area contributed by atoms with Gasteiger partial charge in [-0.25, -0.2) is 13.1 Å². The minimum Gasteiger partial charge on any atom is -0.379 e. The Kier molecular flexibility index (Phi) is 7.24. The van der Waals surface area contributed by atoms with Crippen molar-refractivity contribution in [3.63, 3.8) is 0 Å². The Morgan fingerprint density at radius 2 is 1.75 bits per heavy atom. The summed E-state index contributed by atoms with van der Waals surface area (Å²) in [6.07, 6.45) is 1.03. The lowest BCUT2D eigenvalue weighted by molar-refractivity contribution is 0.0342. The molecular formula is C22H30N2O3S. The van der Waals surface area contributed by atoms with Gasteiger partial charge in [-0.1, -0.05) is 50.2 Å². The number of benzene rings is 2. The molecule has 1 heterocycles. The molecule has 1 aliphatic rings. The molecule has 1 fully saturated rings. The Morgan fingerprint density at radius 1 is 1.07 bits per heavy atom. The van der Waals surface area contributed by atoms with Crippen LogP contribution in [-0.2, 0) is 27.8 Å². The van der Waals surface area contributed by atoms with Crippen LogP contribution in [0.3, 0.4) is 0 Å². The van der Waals surface area contributed by atoms with Crippen LogP contribution in [0.4, 0.5) is 0 Å². The molecule has 28 heavy (non-hydrogen) atoms. The fraction of sp³-hybridized carbons (Fsp3) is 0.455. The second-order valence-corrected chi connectivity index (χ2v) is 9.18. The second-order valence-electron chi connectivity index (χ2n) is 7.41. The second kappa shape index (κ2) is 9.65.